The van der Waals surface area contributed by atoms with Crippen LogP contribution in [-0.4, -0.2) is 35.1 Å². The van der Waals surface area contributed by atoms with E-state index in [1.165, 1.54) is 12.8 Å². The van der Waals surface area contributed by atoms with Crippen LogP contribution in [0.4, 0.5) is 0 Å². The van der Waals surface area contributed by atoms with Gasteiger partial charge in [0.05, 0.1) is 12.6 Å². The van der Waals surface area contributed by atoms with Gasteiger partial charge in [-0.2, -0.15) is 0 Å². The number of aliphatic hydroxyl groups excluding tert-OH is 1. The Labute approximate surface area is 91.5 Å². The molecule has 3 atom stereocenters. The van der Waals surface area contributed by atoms with E-state index in [4.69, 9.17) is 0 Å². The zero-order valence-corrected chi connectivity index (χ0v) is 9.48. The summed E-state index contributed by atoms with van der Waals surface area (Å²) < 4.78 is 0. The Kier molecular flexibility index (Phi) is 3.29. The summed E-state index contributed by atoms with van der Waals surface area (Å²) >= 11 is 0. The molecule has 2 aliphatic rings. The summed E-state index contributed by atoms with van der Waals surface area (Å²) in [5, 5.41) is 9.20. The van der Waals surface area contributed by atoms with E-state index in [0.29, 0.717) is 11.8 Å². The number of aliphatic hydroxyl groups is 1. The Balaban J connectivity index is 2.00. The Morgan fingerprint density at radius 1 is 1.33 bits per heavy atom. The van der Waals surface area contributed by atoms with Gasteiger partial charge in [0.25, 0.3) is 0 Å². The van der Waals surface area contributed by atoms with Crippen LogP contribution in [0, 0.1) is 11.8 Å². The lowest BCUT2D eigenvalue weighted by Crippen LogP contribution is -2.41. The maximum Gasteiger partial charge on any atom is 0.226 e. The van der Waals surface area contributed by atoms with Gasteiger partial charge in [0.2, 0.25) is 5.91 Å². The predicted octanol–water partition coefficient (Wildman–Crippen LogP) is 1.41. The average molecular weight is 211 g/mol. The van der Waals surface area contributed by atoms with E-state index in [9.17, 15) is 9.90 Å². The molecule has 2 unspecified atom stereocenters. The molecule has 1 aliphatic heterocycles. The Bertz CT molecular complexity index is 242. The lowest BCUT2D eigenvalue weighted by Gasteiger charge is -2.27. The summed E-state index contributed by atoms with van der Waals surface area (Å²) in [7, 11) is 0. The molecule has 1 aliphatic carbocycles. The molecule has 0 bridgehead atoms. The van der Waals surface area contributed by atoms with Gasteiger partial charge in [0, 0.05) is 12.5 Å². The molecule has 86 valence electrons. The normalized spacial score (nSPS) is 36.1. The van der Waals surface area contributed by atoms with E-state index in [2.05, 4.69) is 6.92 Å². The fraction of sp³-hybridized carbons (Fsp3) is 0.917. The maximum atomic E-state index is 12.2. The molecule has 0 radical (unpaired) electrons. The molecule has 0 aromatic rings. The van der Waals surface area contributed by atoms with Crippen molar-refractivity contribution in [1.29, 1.82) is 0 Å². The Hall–Kier alpha value is -0.570. The number of nitrogens with zero attached hydrogens (tertiary/aromatic N) is 1. The molecule has 1 saturated carbocycles. The van der Waals surface area contributed by atoms with E-state index in [1.54, 1.807) is 0 Å². The zero-order valence-electron chi connectivity index (χ0n) is 9.48. The van der Waals surface area contributed by atoms with Gasteiger partial charge in [-0.25, -0.2) is 0 Å². The van der Waals surface area contributed by atoms with E-state index in [-0.39, 0.29) is 18.6 Å². The predicted molar refractivity (Wildman–Crippen MR) is 58.3 cm³/mol. The molecule has 0 spiro atoms. The number of hydrogen-bond donors (Lipinski definition) is 1. The molecule has 1 heterocycles. The van der Waals surface area contributed by atoms with Crippen LogP contribution in [0.25, 0.3) is 0 Å². The minimum atomic E-state index is 0.102. The lowest BCUT2D eigenvalue weighted by atomic mass is 9.96. The Morgan fingerprint density at radius 3 is 2.73 bits per heavy atom. The second-order valence-corrected chi connectivity index (χ2v) is 5.02. The van der Waals surface area contributed by atoms with Crippen LogP contribution in [0.3, 0.4) is 0 Å². The molecule has 1 amide bonds. The smallest absolute Gasteiger partial charge is 0.226 e. The van der Waals surface area contributed by atoms with E-state index in [1.807, 2.05) is 4.90 Å². The highest BCUT2D eigenvalue weighted by atomic mass is 16.3. The Morgan fingerprint density at radius 2 is 2.13 bits per heavy atom. The molecule has 3 nitrogen and oxygen atoms in total. The van der Waals surface area contributed by atoms with Crippen molar-refractivity contribution in [1.82, 2.24) is 4.90 Å². The van der Waals surface area contributed by atoms with Gasteiger partial charge in [0.15, 0.2) is 0 Å². The van der Waals surface area contributed by atoms with Gasteiger partial charge in [-0.3, -0.25) is 4.79 Å². The fourth-order valence-electron chi connectivity index (χ4n) is 3.04. The fourth-order valence-corrected chi connectivity index (χ4v) is 3.04. The van der Waals surface area contributed by atoms with E-state index < -0.39 is 0 Å². The molecule has 0 aromatic carbocycles. The number of carbonyl (C=O) groups excluding carboxylic acids is 1. The number of amides is 1. The SMILES string of the molecule is CC1CCCC1C(=O)N1CCC[C@H]1CO. The second-order valence-electron chi connectivity index (χ2n) is 5.02. The van der Waals surface area contributed by atoms with Crippen LogP contribution in [0.5, 0.6) is 0 Å². The van der Waals surface area contributed by atoms with Gasteiger partial charge < -0.3 is 10.0 Å². The molecular weight excluding hydrogens is 190 g/mol. The summed E-state index contributed by atoms with van der Waals surface area (Å²) in [6, 6.07) is 0.102. The van der Waals surface area contributed by atoms with Crippen LogP contribution in [0.15, 0.2) is 0 Å². The average Bonchev–Trinajstić information content (AvgIpc) is 2.84. The van der Waals surface area contributed by atoms with Crippen molar-refractivity contribution in [2.45, 2.75) is 45.1 Å². The van der Waals surface area contributed by atoms with Crippen molar-refractivity contribution in [3.63, 3.8) is 0 Å². The van der Waals surface area contributed by atoms with Crippen molar-refractivity contribution in [2.24, 2.45) is 11.8 Å². The highest BCUT2D eigenvalue weighted by Crippen LogP contribution is 2.34. The van der Waals surface area contributed by atoms with Gasteiger partial charge in [-0.15, -0.1) is 0 Å². The molecule has 0 aromatic heterocycles. The molecule has 1 saturated heterocycles. The number of rotatable bonds is 2. The zero-order chi connectivity index (χ0) is 10.8. The third-order valence-electron chi connectivity index (χ3n) is 4.05. The first-order valence-corrected chi connectivity index (χ1v) is 6.15. The first-order valence-electron chi connectivity index (χ1n) is 6.15. The summed E-state index contributed by atoms with van der Waals surface area (Å²) in [5.74, 6) is 1.08. The highest BCUT2D eigenvalue weighted by molar-refractivity contribution is 5.80. The van der Waals surface area contributed by atoms with Crippen molar-refractivity contribution in [2.75, 3.05) is 13.2 Å². The first-order chi connectivity index (χ1) is 7.24. The van der Waals surface area contributed by atoms with Gasteiger partial charge in [0.1, 0.15) is 0 Å². The van der Waals surface area contributed by atoms with Crippen LogP contribution in [0.1, 0.15) is 39.0 Å². The minimum Gasteiger partial charge on any atom is -0.394 e. The quantitative estimate of drug-likeness (QED) is 0.750. The monoisotopic (exact) mass is 211 g/mol. The van der Waals surface area contributed by atoms with Crippen LogP contribution < -0.4 is 0 Å². The highest BCUT2D eigenvalue weighted by Gasteiger charge is 2.36. The maximum absolute atomic E-state index is 12.2. The molecular formula is C12H21NO2. The van der Waals surface area contributed by atoms with Crippen molar-refractivity contribution in [3.8, 4) is 0 Å². The summed E-state index contributed by atoms with van der Waals surface area (Å²) in [5.41, 5.74) is 0. The van der Waals surface area contributed by atoms with Crippen molar-refractivity contribution in [3.05, 3.63) is 0 Å². The van der Waals surface area contributed by atoms with Gasteiger partial charge >= 0.3 is 0 Å². The van der Waals surface area contributed by atoms with Crippen LogP contribution in [-0.2, 0) is 4.79 Å². The summed E-state index contributed by atoms with van der Waals surface area (Å²) in [4.78, 5) is 14.2. The third kappa shape index (κ3) is 2.03. The summed E-state index contributed by atoms with van der Waals surface area (Å²) in [6.45, 7) is 3.17. The minimum absolute atomic E-state index is 0.102. The van der Waals surface area contributed by atoms with E-state index in [0.717, 1.165) is 25.8 Å². The summed E-state index contributed by atoms with van der Waals surface area (Å²) in [6.07, 6.45) is 5.46. The number of hydrogen-bond acceptors (Lipinski definition) is 2. The topological polar surface area (TPSA) is 40.5 Å². The molecule has 2 rings (SSSR count). The second kappa shape index (κ2) is 4.52. The van der Waals surface area contributed by atoms with E-state index >= 15 is 0 Å². The lowest BCUT2D eigenvalue weighted by molar-refractivity contribution is -0.138. The molecule has 1 N–H and O–H groups in total. The largest absolute Gasteiger partial charge is 0.394 e. The molecule has 15 heavy (non-hydrogen) atoms. The van der Waals surface area contributed by atoms with Crippen LogP contribution in [0.2, 0.25) is 0 Å². The van der Waals surface area contributed by atoms with Gasteiger partial charge in [-0.1, -0.05) is 13.3 Å². The van der Waals surface area contributed by atoms with Crippen molar-refractivity contribution >= 4 is 5.91 Å². The standard InChI is InChI=1S/C12H21NO2/c1-9-4-2-6-11(9)12(15)13-7-3-5-10(13)8-14/h9-11,14H,2-8H2,1H3/t9?,10-,11?/m0/s1. The number of likely N-dealkylation sites (tertiary alicyclic amines) is 1. The third-order valence-corrected chi connectivity index (χ3v) is 4.05. The first kappa shape index (κ1) is 10.9. The number of carbonyl (C=O) groups is 1. The molecule has 2 fully saturated rings. The molecule has 3 heteroatoms. The van der Waals surface area contributed by atoms with Gasteiger partial charge in [-0.05, 0) is 31.6 Å². The van der Waals surface area contributed by atoms with Crippen molar-refractivity contribution < 1.29 is 9.90 Å². The van der Waals surface area contributed by atoms with Crippen LogP contribution >= 0.6 is 0 Å².